The standard InChI is InChI=1S/C49H50N3O.Pt/c1-29(2)35-26-36(30(3)4)28-37(27-35)45-33(9)25-42(40-19-13-14-24-44(40)53)50-47(45)41-22-16-23-43-46(41)51-49(34-17-11-10-12-18-34)52(43)48-38(31(5)6)20-15-21-39(48)32(7)8;/h10-17,19-32,53H,1-9H3;/q-1;. The summed E-state index contributed by atoms with van der Waals surface area (Å²) in [6.45, 7) is 20.3. The third-order valence-electron chi connectivity index (χ3n) is 10.5. The van der Waals surface area contributed by atoms with Gasteiger partial charge in [0.05, 0.1) is 28.2 Å². The predicted octanol–water partition coefficient (Wildman–Crippen LogP) is 13.4. The molecular formula is C49H50N3OPt-. The van der Waals surface area contributed by atoms with Crippen LogP contribution in [0.5, 0.6) is 5.75 Å². The molecule has 4 nitrogen and oxygen atoms in total. The minimum Gasteiger partial charge on any atom is -0.507 e. The summed E-state index contributed by atoms with van der Waals surface area (Å²) >= 11 is 0. The van der Waals surface area contributed by atoms with Crippen LogP contribution in [0, 0.1) is 13.0 Å². The van der Waals surface area contributed by atoms with Gasteiger partial charge >= 0.3 is 0 Å². The van der Waals surface area contributed by atoms with Crippen LogP contribution in [0.25, 0.3) is 61.8 Å². The van der Waals surface area contributed by atoms with E-state index < -0.39 is 0 Å². The largest absolute Gasteiger partial charge is 0.507 e. The molecule has 54 heavy (non-hydrogen) atoms. The van der Waals surface area contributed by atoms with Gasteiger partial charge in [0.1, 0.15) is 5.75 Å². The number of phenols is 1. The molecule has 5 heteroatoms. The quantitative estimate of drug-likeness (QED) is 0.147. The molecular weight excluding hydrogens is 842 g/mol. The van der Waals surface area contributed by atoms with E-state index in [9.17, 15) is 5.11 Å². The van der Waals surface area contributed by atoms with E-state index in [1.54, 1.807) is 6.07 Å². The Morgan fingerprint density at radius 3 is 1.83 bits per heavy atom. The van der Waals surface area contributed by atoms with E-state index in [2.05, 4.69) is 146 Å². The van der Waals surface area contributed by atoms with Crippen molar-refractivity contribution in [3.05, 3.63) is 143 Å². The number of para-hydroxylation sites is 3. The maximum Gasteiger partial charge on any atom is 0.124 e. The number of imidazole rings is 1. The molecule has 1 N–H and O–H groups in total. The summed E-state index contributed by atoms with van der Waals surface area (Å²) < 4.78 is 2.37. The molecule has 5 aromatic carbocycles. The van der Waals surface area contributed by atoms with Crippen LogP contribution >= 0.6 is 0 Å². The van der Waals surface area contributed by atoms with Gasteiger partial charge in [-0.2, -0.15) is 0 Å². The molecule has 0 radical (unpaired) electrons. The van der Waals surface area contributed by atoms with E-state index in [0.717, 1.165) is 56.1 Å². The molecule has 0 saturated heterocycles. The summed E-state index contributed by atoms with van der Waals surface area (Å²) in [5, 5.41) is 11.0. The number of hydrogen-bond donors (Lipinski definition) is 1. The summed E-state index contributed by atoms with van der Waals surface area (Å²) in [7, 11) is 0. The Hall–Kier alpha value is -4.79. The predicted molar refractivity (Wildman–Crippen MR) is 222 cm³/mol. The van der Waals surface area contributed by atoms with Crippen LogP contribution in [0.1, 0.15) is 107 Å². The molecule has 0 spiro atoms. The van der Waals surface area contributed by atoms with Crippen molar-refractivity contribution in [3.63, 3.8) is 0 Å². The molecule has 7 aromatic rings. The summed E-state index contributed by atoms with van der Waals surface area (Å²) in [6.07, 6.45) is 0. The molecule has 2 aromatic heterocycles. The normalized spacial score (nSPS) is 11.6. The number of rotatable bonds is 9. The van der Waals surface area contributed by atoms with Crippen molar-refractivity contribution in [3.8, 4) is 56.5 Å². The molecule has 0 fully saturated rings. The molecule has 0 amide bonds. The average Bonchev–Trinajstić information content (AvgIpc) is 3.54. The van der Waals surface area contributed by atoms with Crippen molar-refractivity contribution in [1.29, 1.82) is 0 Å². The Kier molecular flexibility index (Phi) is 11.5. The number of aryl methyl sites for hydroxylation is 1. The first-order valence-electron chi connectivity index (χ1n) is 19.0. The van der Waals surface area contributed by atoms with E-state index in [0.29, 0.717) is 29.2 Å². The van der Waals surface area contributed by atoms with E-state index in [4.69, 9.17) is 9.97 Å². The number of aromatic nitrogens is 3. The second-order valence-corrected chi connectivity index (χ2v) is 15.6. The summed E-state index contributed by atoms with van der Waals surface area (Å²) in [4.78, 5) is 11.0. The zero-order valence-electron chi connectivity index (χ0n) is 32.8. The Labute approximate surface area is 335 Å². The van der Waals surface area contributed by atoms with Gasteiger partial charge in [-0.1, -0.05) is 116 Å². The summed E-state index contributed by atoms with van der Waals surface area (Å²) in [6, 6.07) is 41.4. The number of nitrogens with zero attached hydrogens (tertiary/aromatic N) is 3. The third kappa shape index (κ3) is 7.21. The van der Waals surface area contributed by atoms with E-state index >= 15 is 0 Å². The van der Waals surface area contributed by atoms with Gasteiger partial charge < -0.3 is 9.67 Å². The second kappa shape index (κ2) is 15.9. The Bertz CT molecular complexity index is 2390. The zero-order valence-corrected chi connectivity index (χ0v) is 35.1. The number of fused-ring (bicyclic) bond motifs is 1. The van der Waals surface area contributed by atoms with Crippen LogP contribution in [0.4, 0.5) is 0 Å². The van der Waals surface area contributed by atoms with Crippen LogP contribution in [-0.4, -0.2) is 19.6 Å². The molecule has 7 rings (SSSR count). The smallest absolute Gasteiger partial charge is 0.124 e. The fourth-order valence-corrected chi connectivity index (χ4v) is 7.55. The van der Waals surface area contributed by atoms with Crippen molar-refractivity contribution in [2.24, 2.45) is 0 Å². The maximum atomic E-state index is 11.0. The number of hydrogen-bond acceptors (Lipinski definition) is 3. The van der Waals surface area contributed by atoms with Gasteiger partial charge in [0, 0.05) is 43.4 Å². The molecule has 0 saturated carbocycles. The molecule has 0 aliphatic heterocycles. The molecule has 0 aliphatic rings. The van der Waals surface area contributed by atoms with Gasteiger partial charge in [0.2, 0.25) is 0 Å². The molecule has 0 atom stereocenters. The van der Waals surface area contributed by atoms with Gasteiger partial charge in [0.15, 0.2) is 0 Å². The first-order valence-corrected chi connectivity index (χ1v) is 19.0. The number of aromatic hydroxyl groups is 1. The molecule has 2 heterocycles. The van der Waals surface area contributed by atoms with Gasteiger partial charge in [0.25, 0.3) is 0 Å². The zero-order chi connectivity index (χ0) is 37.6. The SMILES string of the molecule is Cc1cc(-c2ccccc2O)nc(-c2cccc3c2nc(-c2[c-]cccc2)n3-c2c(C(C)C)cccc2C(C)C)c1-c1cc(C(C)C)cc(C(C)C)c1.[Pt]. The first kappa shape index (κ1) is 38.9. The van der Waals surface area contributed by atoms with Crippen molar-refractivity contribution in [2.45, 2.75) is 86.0 Å². The van der Waals surface area contributed by atoms with Gasteiger partial charge in [-0.3, -0.25) is 4.98 Å². The van der Waals surface area contributed by atoms with E-state index in [1.165, 1.54) is 27.9 Å². The Morgan fingerprint density at radius 1 is 0.630 bits per heavy atom. The molecule has 0 unspecified atom stereocenters. The number of phenolic OH excluding ortho intramolecular Hbond substituents is 1. The van der Waals surface area contributed by atoms with Crippen molar-refractivity contribution >= 4 is 11.0 Å². The van der Waals surface area contributed by atoms with Crippen molar-refractivity contribution < 1.29 is 26.2 Å². The molecule has 0 bridgehead atoms. The Balaban J connectivity index is 0.00000497. The minimum absolute atomic E-state index is 0. The van der Waals surface area contributed by atoms with E-state index in [1.807, 2.05) is 30.3 Å². The fourth-order valence-electron chi connectivity index (χ4n) is 7.55. The van der Waals surface area contributed by atoms with Gasteiger partial charge in [-0.05, 0) is 88.2 Å². The van der Waals surface area contributed by atoms with Crippen LogP contribution in [-0.2, 0) is 21.1 Å². The molecule has 0 aliphatic carbocycles. The monoisotopic (exact) mass is 891 g/mol. The number of benzene rings is 5. The fraction of sp³-hybridized carbons (Fsp3) is 0.265. The molecule has 278 valence electrons. The second-order valence-electron chi connectivity index (χ2n) is 15.6. The summed E-state index contributed by atoms with van der Waals surface area (Å²) in [5.41, 5.74) is 15.7. The average molecular weight is 892 g/mol. The van der Waals surface area contributed by atoms with Gasteiger partial charge in [-0.25, -0.2) is 4.98 Å². The first-order chi connectivity index (χ1) is 25.4. The van der Waals surface area contributed by atoms with Crippen molar-refractivity contribution in [1.82, 2.24) is 14.5 Å². The van der Waals surface area contributed by atoms with Crippen LogP contribution in [0.15, 0.2) is 109 Å². The minimum atomic E-state index is 0. The number of pyridine rings is 1. The maximum absolute atomic E-state index is 11.0. The summed E-state index contributed by atoms with van der Waals surface area (Å²) in [5.74, 6) is 2.38. The topological polar surface area (TPSA) is 50.9 Å². The van der Waals surface area contributed by atoms with Crippen LogP contribution in [0.3, 0.4) is 0 Å². The van der Waals surface area contributed by atoms with Crippen LogP contribution < -0.4 is 0 Å². The van der Waals surface area contributed by atoms with E-state index in [-0.39, 0.29) is 26.8 Å². The van der Waals surface area contributed by atoms with Crippen LogP contribution in [0.2, 0.25) is 0 Å². The Morgan fingerprint density at radius 2 is 1.24 bits per heavy atom. The van der Waals surface area contributed by atoms with Gasteiger partial charge in [-0.15, -0.1) is 35.9 Å². The third-order valence-corrected chi connectivity index (χ3v) is 10.5. The van der Waals surface area contributed by atoms with Crippen molar-refractivity contribution in [2.75, 3.05) is 0 Å².